The molecule has 20 heavy (non-hydrogen) atoms. The van der Waals surface area contributed by atoms with Gasteiger partial charge in [0.15, 0.2) is 0 Å². The lowest BCUT2D eigenvalue weighted by Gasteiger charge is -2.36. The molecule has 0 aliphatic carbocycles. The lowest BCUT2D eigenvalue weighted by atomic mass is 10.2. The first-order valence-corrected chi connectivity index (χ1v) is 7.08. The molecule has 1 saturated heterocycles. The molecular weight excluding hydrogens is 373 g/mol. The molecule has 1 aliphatic rings. The summed E-state index contributed by atoms with van der Waals surface area (Å²) in [5.74, 6) is -0.599. The van der Waals surface area contributed by atoms with Gasteiger partial charge in [0.2, 0.25) is 5.91 Å². The molecule has 1 N–H and O–H groups in total. The second-order valence-corrected chi connectivity index (χ2v) is 5.68. The Kier molecular flexibility index (Phi) is 4.26. The molecular formula is C13H14IN3O3. The number of carbonyl (C=O) groups excluding carboxylic acids is 3. The number of hydrogen-bond acceptors (Lipinski definition) is 3. The summed E-state index contributed by atoms with van der Waals surface area (Å²) >= 11 is 2.07. The Bertz CT molecular complexity index is 576. The lowest BCUT2D eigenvalue weighted by molar-refractivity contribution is -0.131. The van der Waals surface area contributed by atoms with Gasteiger partial charge in [0, 0.05) is 17.7 Å². The van der Waals surface area contributed by atoms with Gasteiger partial charge in [0.25, 0.3) is 5.91 Å². The quantitative estimate of drug-likeness (QED) is 0.777. The van der Waals surface area contributed by atoms with E-state index in [0.29, 0.717) is 5.56 Å². The van der Waals surface area contributed by atoms with Crippen LogP contribution in [0.25, 0.3) is 0 Å². The van der Waals surface area contributed by atoms with E-state index in [-0.39, 0.29) is 18.2 Å². The van der Waals surface area contributed by atoms with Gasteiger partial charge in [0.1, 0.15) is 6.17 Å². The largest absolute Gasteiger partial charge is 0.331 e. The van der Waals surface area contributed by atoms with Crippen molar-refractivity contribution in [3.8, 4) is 0 Å². The topological polar surface area (TPSA) is 69.7 Å². The highest BCUT2D eigenvalue weighted by Crippen LogP contribution is 2.15. The van der Waals surface area contributed by atoms with Gasteiger partial charge < -0.3 is 10.2 Å². The van der Waals surface area contributed by atoms with Crippen molar-refractivity contribution in [1.29, 1.82) is 0 Å². The van der Waals surface area contributed by atoms with Crippen LogP contribution in [-0.4, -0.2) is 47.9 Å². The first kappa shape index (κ1) is 14.8. The van der Waals surface area contributed by atoms with Crippen LogP contribution in [0.3, 0.4) is 0 Å². The summed E-state index contributed by atoms with van der Waals surface area (Å²) in [6.45, 7) is 0. The van der Waals surface area contributed by atoms with Crippen molar-refractivity contribution in [3.05, 3.63) is 33.4 Å². The molecule has 0 saturated carbocycles. The summed E-state index contributed by atoms with van der Waals surface area (Å²) in [6.07, 6.45) is -0.539. The van der Waals surface area contributed by atoms with Crippen molar-refractivity contribution in [2.45, 2.75) is 12.6 Å². The van der Waals surface area contributed by atoms with Crippen LogP contribution in [0.2, 0.25) is 0 Å². The fourth-order valence-electron chi connectivity index (χ4n) is 1.94. The van der Waals surface area contributed by atoms with E-state index in [1.807, 2.05) is 12.1 Å². The fraction of sp³-hybridized carbons (Fsp3) is 0.308. The normalized spacial score (nSPS) is 19.2. The van der Waals surface area contributed by atoms with E-state index in [1.54, 1.807) is 19.2 Å². The van der Waals surface area contributed by atoms with E-state index in [4.69, 9.17) is 0 Å². The minimum Gasteiger partial charge on any atom is -0.331 e. The van der Waals surface area contributed by atoms with Crippen LogP contribution in [0, 0.1) is 3.57 Å². The highest BCUT2D eigenvalue weighted by Gasteiger charge is 2.35. The van der Waals surface area contributed by atoms with Crippen molar-refractivity contribution < 1.29 is 14.4 Å². The Morgan fingerprint density at radius 2 is 1.95 bits per heavy atom. The number of carbonyl (C=O) groups is 3. The van der Waals surface area contributed by atoms with Crippen molar-refractivity contribution in [2.24, 2.45) is 0 Å². The highest BCUT2D eigenvalue weighted by atomic mass is 127. The first-order chi connectivity index (χ1) is 9.41. The number of benzene rings is 1. The maximum atomic E-state index is 12.2. The molecule has 4 amide bonds. The minimum absolute atomic E-state index is 0.0773. The molecule has 6 nitrogen and oxygen atoms in total. The highest BCUT2D eigenvalue weighted by molar-refractivity contribution is 14.1. The zero-order chi connectivity index (χ0) is 14.9. The van der Waals surface area contributed by atoms with Gasteiger partial charge in [-0.25, -0.2) is 4.79 Å². The monoisotopic (exact) mass is 387 g/mol. The average Bonchev–Trinajstić information content (AvgIpc) is 2.42. The predicted octanol–water partition coefficient (Wildman–Crippen LogP) is 1.26. The number of rotatable bonds is 2. The van der Waals surface area contributed by atoms with Crippen LogP contribution in [0.1, 0.15) is 16.8 Å². The Morgan fingerprint density at radius 3 is 2.60 bits per heavy atom. The second-order valence-electron chi connectivity index (χ2n) is 4.52. The van der Waals surface area contributed by atoms with E-state index in [9.17, 15) is 14.4 Å². The third-order valence-electron chi connectivity index (χ3n) is 3.21. The Morgan fingerprint density at radius 1 is 1.30 bits per heavy atom. The van der Waals surface area contributed by atoms with Crippen molar-refractivity contribution >= 4 is 40.4 Å². The Balaban J connectivity index is 2.14. The first-order valence-electron chi connectivity index (χ1n) is 6.00. The maximum Gasteiger partial charge on any atom is 0.327 e. The zero-order valence-corrected chi connectivity index (χ0v) is 13.2. The van der Waals surface area contributed by atoms with Gasteiger partial charge in [-0.1, -0.05) is 12.1 Å². The fourth-order valence-corrected chi connectivity index (χ4v) is 2.57. The van der Waals surface area contributed by atoms with E-state index in [0.717, 1.165) is 8.47 Å². The summed E-state index contributed by atoms with van der Waals surface area (Å²) in [5.41, 5.74) is 0.528. The maximum absolute atomic E-state index is 12.2. The molecule has 106 valence electrons. The molecule has 1 aromatic carbocycles. The van der Waals surface area contributed by atoms with Crippen LogP contribution in [0.4, 0.5) is 4.79 Å². The number of halogens is 1. The summed E-state index contributed by atoms with van der Waals surface area (Å²) < 4.78 is 0.816. The number of nitrogens with one attached hydrogen (secondary N) is 1. The summed E-state index contributed by atoms with van der Waals surface area (Å²) in [4.78, 5) is 38.1. The van der Waals surface area contributed by atoms with Crippen LogP contribution >= 0.6 is 22.6 Å². The summed E-state index contributed by atoms with van der Waals surface area (Å²) in [5, 5.41) is 2.72. The van der Waals surface area contributed by atoms with E-state index < -0.39 is 12.2 Å². The predicted molar refractivity (Wildman–Crippen MR) is 81.0 cm³/mol. The number of imide groups is 1. The van der Waals surface area contributed by atoms with Crippen LogP contribution in [0.15, 0.2) is 24.3 Å². The molecule has 0 radical (unpaired) electrons. The Labute approximate surface area is 130 Å². The van der Waals surface area contributed by atoms with Gasteiger partial charge in [-0.05, 0) is 34.7 Å². The Hall–Kier alpha value is -1.64. The lowest BCUT2D eigenvalue weighted by Crippen LogP contribution is -2.59. The molecule has 1 atom stereocenters. The minimum atomic E-state index is -0.616. The smallest absolute Gasteiger partial charge is 0.327 e. The van der Waals surface area contributed by atoms with Gasteiger partial charge in [-0.2, -0.15) is 0 Å². The van der Waals surface area contributed by atoms with E-state index in [2.05, 4.69) is 27.9 Å². The standard InChI is InChI=1S/C13H14IN3O3/c1-16-10(7-11(18)17(2)13(16)20)15-12(19)8-5-3-4-6-9(8)14/h3-6,10H,7H2,1-2H3,(H,15,19). The molecule has 0 spiro atoms. The SMILES string of the molecule is CN1C(=O)CC(NC(=O)c2ccccc2I)N(C)C1=O. The molecule has 1 unspecified atom stereocenters. The van der Waals surface area contributed by atoms with Gasteiger partial charge >= 0.3 is 6.03 Å². The average molecular weight is 387 g/mol. The van der Waals surface area contributed by atoms with Crippen LogP contribution in [-0.2, 0) is 4.79 Å². The summed E-state index contributed by atoms with van der Waals surface area (Å²) in [6, 6.07) is 6.72. The van der Waals surface area contributed by atoms with Crippen LogP contribution < -0.4 is 5.32 Å². The van der Waals surface area contributed by atoms with Crippen molar-refractivity contribution in [3.63, 3.8) is 0 Å². The zero-order valence-electron chi connectivity index (χ0n) is 11.1. The molecule has 7 heteroatoms. The number of hydrogen-bond donors (Lipinski definition) is 1. The molecule has 2 rings (SSSR count). The van der Waals surface area contributed by atoms with Crippen molar-refractivity contribution in [2.75, 3.05) is 14.1 Å². The molecule has 0 bridgehead atoms. The third-order valence-corrected chi connectivity index (χ3v) is 4.16. The molecule has 1 heterocycles. The van der Waals surface area contributed by atoms with E-state index >= 15 is 0 Å². The number of urea groups is 1. The third kappa shape index (κ3) is 2.77. The molecule has 0 aromatic heterocycles. The van der Waals surface area contributed by atoms with Gasteiger partial charge in [-0.3, -0.25) is 14.5 Å². The number of amides is 4. The number of nitrogens with zero attached hydrogens (tertiary/aromatic N) is 2. The van der Waals surface area contributed by atoms with Crippen molar-refractivity contribution in [1.82, 2.24) is 15.1 Å². The van der Waals surface area contributed by atoms with E-state index in [1.165, 1.54) is 11.9 Å². The van der Waals surface area contributed by atoms with Crippen LogP contribution in [0.5, 0.6) is 0 Å². The van der Waals surface area contributed by atoms with Gasteiger partial charge in [-0.15, -0.1) is 0 Å². The summed E-state index contributed by atoms with van der Waals surface area (Å²) in [7, 11) is 2.99. The second kappa shape index (κ2) is 5.78. The molecule has 1 fully saturated rings. The molecule has 1 aromatic rings. The molecule has 1 aliphatic heterocycles. The van der Waals surface area contributed by atoms with Gasteiger partial charge in [0.05, 0.1) is 12.0 Å².